The van der Waals surface area contributed by atoms with E-state index >= 15 is 0 Å². The minimum atomic E-state index is -0.175. The van der Waals surface area contributed by atoms with Gasteiger partial charge in [-0.2, -0.15) is 0 Å². The van der Waals surface area contributed by atoms with Gasteiger partial charge in [0.25, 0.3) is 0 Å². The van der Waals surface area contributed by atoms with Crippen LogP contribution in [0.4, 0.5) is 0 Å². The van der Waals surface area contributed by atoms with Crippen molar-refractivity contribution in [2.24, 2.45) is 0 Å². The van der Waals surface area contributed by atoms with Crippen molar-refractivity contribution in [3.8, 4) is 0 Å². The molecule has 0 aromatic heterocycles. The Morgan fingerprint density at radius 3 is 2.05 bits per heavy atom. The number of rotatable bonds is 5. The van der Waals surface area contributed by atoms with Crippen molar-refractivity contribution in [2.75, 3.05) is 21.3 Å². The van der Waals surface area contributed by atoms with E-state index in [0.717, 1.165) is 4.90 Å². The van der Waals surface area contributed by atoms with Gasteiger partial charge in [0.1, 0.15) is 23.7 Å². The molecule has 1 saturated heterocycles. The standard InChI is InChI=1S/C15H22O4S/c1-10-12(16-2)13(17-3)14(18-4)15(19-10)20-11-8-6-5-7-9-11/h5-10,12-15H,1-4H3. The molecule has 0 radical (unpaired) electrons. The molecule has 2 rings (SSSR count). The molecule has 0 bridgehead atoms. The third kappa shape index (κ3) is 3.35. The molecule has 0 amide bonds. The third-order valence-electron chi connectivity index (χ3n) is 3.54. The van der Waals surface area contributed by atoms with Crippen LogP contribution in [0.3, 0.4) is 0 Å². The lowest BCUT2D eigenvalue weighted by atomic mass is 10.0. The summed E-state index contributed by atoms with van der Waals surface area (Å²) in [7, 11) is 5.04. The van der Waals surface area contributed by atoms with E-state index in [1.54, 1.807) is 33.1 Å². The second-order valence-corrected chi connectivity index (χ2v) is 5.91. The molecular formula is C15H22O4S. The molecule has 5 heteroatoms. The highest BCUT2D eigenvalue weighted by Crippen LogP contribution is 2.36. The monoisotopic (exact) mass is 298 g/mol. The van der Waals surface area contributed by atoms with Crippen molar-refractivity contribution < 1.29 is 18.9 Å². The van der Waals surface area contributed by atoms with Gasteiger partial charge < -0.3 is 18.9 Å². The molecular weight excluding hydrogens is 276 g/mol. The maximum absolute atomic E-state index is 6.06. The minimum absolute atomic E-state index is 0.0439. The van der Waals surface area contributed by atoms with Gasteiger partial charge in [0.2, 0.25) is 0 Å². The van der Waals surface area contributed by atoms with E-state index in [1.807, 2.05) is 25.1 Å². The lowest BCUT2D eigenvalue weighted by Gasteiger charge is -2.43. The van der Waals surface area contributed by atoms with Crippen LogP contribution in [0.15, 0.2) is 35.2 Å². The maximum atomic E-state index is 6.06. The normalized spacial score (nSPS) is 34.1. The zero-order valence-electron chi connectivity index (χ0n) is 12.3. The summed E-state index contributed by atoms with van der Waals surface area (Å²) in [6.07, 6.45) is -0.489. The highest BCUT2D eigenvalue weighted by Gasteiger charge is 2.45. The second kappa shape index (κ2) is 7.43. The van der Waals surface area contributed by atoms with Crippen molar-refractivity contribution in [3.63, 3.8) is 0 Å². The molecule has 5 unspecified atom stereocenters. The van der Waals surface area contributed by atoms with Crippen molar-refractivity contribution in [1.29, 1.82) is 0 Å². The van der Waals surface area contributed by atoms with Gasteiger partial charge in [-0.15, -0.1) is 0 Å². The van der Waals surface area contributed by atoms with Gasteiger partial charge in [0.15, 0.2) is 0 Å². The molecule has 0 aliphatic carbocycles. The third-order valence-corrected chi connectivity index (χ3v) is 4.70. The molecule has 0 saturated carbocycles. The highest BCUT2D eigenvalue weighted by atomic mass is 32.2. The minimum Gasteiger partial charge on any atom is -0.376 e. The Morgan fingerprint density at radius 1 is 0.900 bits per heavy atom. The van der Waals surface area contributed by atoms with Crippen molar-refractivity contribution >= 4 is 11.8 Å². The van der Waals surface area contributed by atoms with Crippen LogP contribution in [0, 0.1) is 0 Å². The number of methoxy groups -OCH3 is 3. The number of hydrogen-bond acceptors (Lipinski definition) is 5. The first-order valence-electron chi connectivity index (χ1n) is 6.66. The summed E-state index contributed by atoms with van der Waals surface area (Å²) in [4.78, 5) is 1.15. The molecule has 112 valence electrons. The van der Waals surface area contributed by atoms with Crippen LogP contribution >= 0.6 is 11.8 Å². The Hall–Kier alpha value is -0.590. The fraction of sp³-hybridized carbons (Fsp3) is 0.600. The van der Waals surface area contributed by atoms with Gasteiger partial charge in [-0.25, -0.2) is 0 Å². The summed E-state index contributed by atoms with van der Waals surface area (Å²) in [5.41, 5.74) is -0.117. The lowest BCUT2D eigenvalue weighted by Crippen LogP contribution is -2.57. The Kier molecular flexibility index (Phi) is 5.86. The van der Waals surface area contributed by atoms with Gasteiger partial charge in [-0.3, -0.25) is 0 Å². The fourth-order valence-electron chi connectivity index (χ4n) is 2.54. The van der Waals surface area contributed by atoms with E-state index in [-0.39, 0.29) is 29.9 Å². The molecule has 1 heterocycles. The molecule has 20 heavy (non-hydrogen) atoms. The second-order valence-electron chi connectivity index (χ2n) is 4.74. The van der Waals surface area contributed by atoms with E-state index in [4.69, 9.17) is 18.9 Å². The Bertz CT molecular complexity index is 400. The quantitative estimate of drug-likeness (QED) is 0.835. The van der Waals surface area contributed by atoms with Crippen LogP contribution < -0.4 is 0 Å². The Balaban J connectivity index is 2.15. The maximum Gasteiger partial charge on any atom is 0.136 e. The molecule has 1 aromatic carbocycles. The van der Waals surface area contributed by atoms with E-state index < -0.39 is 0 Å². The molecule has 1 aromatic rings. The van der Waals surface area contributed by atoms with Crippen LogP contribution in [0.5, 0.6) is 0 Å². The summed E-state index contributed by atoms with van der Waals surface area (Å²) in [6.45, 7) is 2.00. The van der Waals surface area contributed by atoms with Crippen molar-refractivity contribution in [3.05, 3.63) is 30.3 Å². The van der Waals surface area contributed by atoms with Crippen molar-refractivity contribution in [1.82, 2.24) is 0 Å². The zero-order valence-corrected chi connectivity index (χ0v) is 13.1. The number of hydrogen-bond donors (Lipinski definition) is 0. The zero-order chi connectivity index (χ0) is 14.5. The summed E-state index contributed by atoms with van der Waals surface area (Å²) < 4.78 is 22.8. The predicted molar refractivity (Wildman–Crippen MR) is 79.0 cm³/mol. The molecule has 1 aliphatic rings. The lowest BCUT2D eigenvalue weighted by molar-refractivity contribution is -0.216. The van der Waals surface area contributed by atoms with Crippen molar-refractivity contribution in [2.45, 2.75) is 41.7 Å². The van der Waals surface area contributed by atoms with E-state index in [2.05, 4.69) is 12.1 Å². The number of benzene rings is 1. The van der Waals surface area contributed by atoms with Gasteiger partial charge >= 0.3 is 0 Å². The predicted octanol–water partition coefficient (Wildman–Crippen LogP) is 2.57. The van der Waals surface area contributed by atoms with E-state index in [9.17, 15) is 0 Å². The average Bonchev–Trinajstić information content (AvgIpc) is 2.47. The first kappa shape index (κ1) is 15.8. The molecule has 4 nitrogen and oxygen atoms in total. The van der Waals surface area contributed by atoms with E-state index in [0.29, 0.717) is 0 Å². The van der Waals surface area contributed by atoms with Crippen LogP contribution in [-0.2, 0) is 18.9 Å². The van der Waals surface area contributed by atoms with Gasteiger partial charge in [0, 0.05) is 26.2 Å². The van der Waals surface area contributed by atoms with Crippen LogP contribution in [0.2, 0.25) is 0 Å². The number of thioether (sulfide) groups is 1. The summed E-state index contributed by atoms with van der Waals surface area (Å²) in [5, 5.41) is 0. The highest BCUT2D eigenvalue weighted by molar-refractivity contribution is 7.99. The van der Waals surface area contributed by atoms with Gasteiger partial charge in [-0.1, -0.05) is 30.0 Å². The Morgan fingerprint density at radius 2 is 1.50 bits per heavy atom. The van der Waals surface area contributed by atoms with Gasteiger partial charge in [0.05, 0.1) is 6.10 Å². The summed E-state index contributed by atoms with van der Waals surface area (Å²) in [5.74, 6) is 0. The molecule has 0 spiro atoms. The largest absolute Gasteiger partial charge is 0.376 e. The average molecular weight is 298 g/mol. The van der Waals surface area contributed by atoms with E-state index in [1.165, 1.54) is 0 Å². The SMILES string of the molecule is COC1C(C)OC(Sc2ccccc2)C(OC)C1OC. The Labute approximate surface area is 124 Å². The first-order chi connectivity index (χ1) is 9.71. The number of ether oxygens (including phenoxy) is 4. The summed E-state index contributed by atoms with van der Waals surface area (Å²) >= 11 is 1.65. The fourth-order valence-corrected chi connectivity index (χ4v) is 3.76. The van der Waals surface area contributed by atoms with Crippen LogP contribution in [0.25, 0.3) is 0 Å². The first-order valence-corrected chi connectivity index (χ1v) is 7.54. The molecule has 0 N–H and O–H groups in total. The van der Waals surface area contributed by atoms with Crippen LogP contribution in [0.1, 0.15) is 6.92 Å². The topological polar surface area (TPSA) is 36.9 Å². The molecule has 1 aliphatic heterocycles. The van der Waals surface area contributed by atoms with Gasteiger partial charge in [-0.05, 0) is 19.1 Å². The van der Waals surface area contributed by atoms with Crippen LogP contribution in [-0.4, -0.2) is 51.2 Å². The molecule has 1 fully saturated rings. The smallest absolute Gasteiger partial charge is 0.136 e. The summed E-state index contributed by atoms with van der Waals surface area (Å²) in [6, 6.07) is 10.2. The molecule has 5 atom stereocenters.